The summed E-state index contributed by atoms with van der Waals surface area (Å²) in [6, 6.07) is 7.12. The Bertz CT molecular complexity index is 521. The Labute approximate surface area is 134 Å². The number of nitrogens with one attached hydrogen (secondary N) is 2. The van der Waals surface area contributed by atoms with Gasteiger partial charge in [0, 0.05) is 43.5 Å². The van der Waals surface area contributed by atoms with Gasteiger partial charge in [-0.15, -0.1) is 11.6 Å². The number of amides is 3. The molecule has 2 N–H and O–H groups in total. The summed E-state index contributed by atoms with van der Waals surface area (Å²) in [6.07, 6.45) is 0.432. The summed E-state index contributed by atoms with van der Waals surface area (Å²) >= 11 is 5.50. The summed E-state index contributed by atoms with van der Waals surface area (Å²) in [7, 11) is 1.60. The van der Waals surface area contributed by atoms with Gasteiger partial charge in [-0.2, -0.15) is 0 Å². The second-order valence-corrected chi connectivity index (χ2v) is 5.48. The molecule has 1 heterocycles. The van der Waals surface area contributed by atoms with Crippen LogP contribution in [0.3, 0.4) is 0 Å². The van der Waals surface area contributed by atoms with Crippen molar-refractivity contribution in [2.24, 2.45) is 5.92 Å². The van der Waals surface area contributed by atoms with Crippen LogP contribution >= 0.6 is 11.6 Å². The number of methoxy groups -OCH3 is 1. The number of rotatable bonds is 6. The van der Waals surface area contributed by atoms with Crippen LogP contribution in [-0.2, 0) is 4.79 Å². The maximum absolute atomic E-state index is 12.1. The number of carbonyl (C=O) groups is 2. The molecule has 7 heteroatoms. The van der Waals surface area contributed by atoms with E-state index in [2.05, 4.69) is 10.6 Å². The largest absolute Gasteiger partial charge is 0.497 e. The van der Waals surface area contributed by atoms with Crippen LogP contribution in [0.4, 0.5) is 10.5 Å². The van der Waals surface area contributed by atoms with E-state index in [9.17, 15) is 9.59 Å². The number of benzene rings is 1. The van der Waals surface area contributed by atoms with Crippen LogP contribution in [0, 0.1) is 5.92 Å². The molecule has 0 saturated carbocycles. The summed E-state index contributed by atoms with van der Waals surface area (Å²) in [5, 5.41) is 5.39. The highest BCUT2D eigenvalue weighted by atomic mass is 35.5. The molecule has 1 atom stereocenters. The zero-order chi connectivity index (χ0) is 15.9. The molecule has 2 rings (SSSR count). The third kappa shape index (κ3) is 4.27. The molecular formula is C15H20ClN3O3. The fourth-order valence-electron chi connectivity index (χ4n) is 2.39. The third-order valence-corrected chi connectivity index (χ3v) is 3.71. The second-order valence-electron chi connectivity index (χ2n) is 5.10. The molecule has 0 aromatic heterocycles. The number of anilines is 1. The van der Waals surface area contributed by atoms with Gasteiger partial charge in [0.25, 0.3) is 0 Å². The highest BCUT2D eigenvalue weighted by Gasteiger charge is 2.30. The van der Waals surface area contributed by atoms with Gasteiger partial charge in [-0.05, 0) is 24.3 Å². The Balaban J connectivity index is 1.86. The minimum absolute atomic E-state index is 0.0677. The Morgan fingerprint density at radius 2 is 2.09 bits per heavy atom. The molecule has 1 fully saturated rings. The highest BCUT2D eigenvalue weighted by Crippen LogP contribution is 2.26. The Hall–Kier alpha value is -1.95. The average Bonchev–Trinajstić information content (AvgIpc) is 2.92. The molecule has 0 aliphatic carbocycles. The fourth-order valence-corrected chi connectivity index (χ4v) is 2.48. The lowest BCUT2D eigenvalue weighted by atomic mass is 10.1. The number of urea groups is 1. The standard InChI is InChI=1S/C15H20ClN3O3/c1-22-13-4-2-12(3-5-13)19-10-11(8-14(19)20)9-18-15(21)17-7-6-16/h2-5,11H,6-10H2,1H3,(H2,17,18,21). The quantitative estimate of drug-likeness (QED) is 0.780. The topological polar surface area (TPSA) is 70.7 Å². The van der Waals surface area contributed by atoms with Gasteiger partial charge in [0.15, 0.2) is 0 Å². The van der Waals surface area contributed by atoms with E-state index >= 15 is 0 Å². The monoisotopic (exact) mass is 325 g/mol. The number of halogens is 1. The van der Waals surface area contributed by atoms with E-state index in [0.29, 0.717) is 31.9 Å². The molecule has 3 amide bonds. The first-order valence-corrected chi connectivity index (χ1v) is 7.69. The molecule has 22 heavy (non-hydrogen) atoms. The smallest absolute Gasteiger partial charge is 0.314 e. The summed E-state index contributed by atoms with van der Waals surface area (Å²) in [5.41, 5.74) is 0.847. The lowest BCUT2D eigenvalue weighted by Crippen LogP contribution is -2.39. The fraction of sp³-hybridized carbons (Fsp3) is 0.467. The van der Waals surface area contributed by atoms with E-state index in [1.807, 2.05) is 24.3 Å². The Morgan fingerprint density at radius 1 is 1.36 bits per heavy atom. The van der Waals surface area contributed by atoms with E-state index in [-0.39, 0.29) is 17.9 Å². The molecule has 1 aromatic carbocycles. The van der Waals surface area contributed by atoms with Gasteiger partial charge >= 0.3 is 6.03 Å². The van der Waals surface area contributed by atoms with Gasteiger partial charge < -0.3 is 20.3 Å². The Morgan fingerprint density at radius 3 is 2.73 bits per heavy atom. The predicted octanol–water partition coefficient (Wildman–Crippen LogP) is 1.59. The third-order valence-electron chi connectivity index (χ3n) is 3.52. The van der Waals surface area contributed by atoms with Crippen molar-refractivity contribution < 1.29 is 14.3 Å². The van der Waals surface area contributed by atoms with Gasteiger partial charge in [0.2, 0.25) is 5.91 Å². The molecular weight excluding hydrogens is 306 g/mol. The van der Waals surface area contributed by atoms with Crippen LogP contribution in [0.25, 0.3) is 0 Å². The average molecular weight is 326 g/mol. The molecule has 0 bridgehead atoms. The Kier molecular flexibility index (Phi) is 5.89. The molecule has 0 spiro atoms. The van der Waals surface area contributed by atoms with Gasteiger partial charge in [-0.3, -0.25) is 4.79 Å². The van der Waals surface area contributed by atoms with Gasteiger partial charge in [-0.1, -0.05) is 0 Å². The van der Waals surface area contributed by atoms with Crippen molar-refractivity contribution in [1.82, 2.24) is 10.6 Å². The van der Waals surface area contributed by atoms with Crippen molar-refractivity contribution in [3.63, 3.8) is 0 Å². The molecule has 0 radical (unpaired) electrons. The molecule has 6 nitrogen and oxygen atoms in total. The first kappa shape index (κ1) is 16.4. The molecule has 120 valence electrons. The van der Waals surface area contributed by atoms with Crippen LogP contribution in [0.1, 0.15) is 6.42 Å². The summed E-state index contributed by atoms with van der Waals surface area (Å²) in [4.78, 5) is 25.3. The lowest BCUT2D eigenvalue weighted by Gasteiger charge is -2.17. The van der Waals surface area contributed by atoms with E-state index < -0.39 is 0 Å². The maximum atomic E-state index is 12.1. The van der Waals surface area contributed by atoms with Crippen molar-refractivity contribution in [3.8, 4) is 5.75 Å². The van der Waals surface area contributed by atoms with Crippen LogP contribution in [0.5, 0.6) is 5.75 Å². The highest BCUT2D eigenvalue weighted by molar-refractivity contribution is 6.18. The number of hydrogen-bond donors (Lipinski definition) is 2. The second kappa shape index (κ2) is 7.89. The maximum Gasteiger partial charge on any atom is 0.314 e. The number of nitrogens with zero attached hydrogens (tertiary/aromatic N) is 1. The zero-order valence-electron chi connectivity index (χ0n) is 12.5. The molecule has 1 unspecified atom stereocenters. The minimum atomic E-state index is -0.254. The van der Waals surface area contributed by atoms with Crippen LogP contribution < -0.4 is 20.3 Å². The normalized spacial score (nSPS) is 17.5. The van der Waals surface area contributed by atoms with Crippen molar-refractivity contribution >= 4 is 29.2 Å². The number of hydrogen-bond acceptors (Lipinski definition) is 3. The first-order valence-electron chi connectivity index (χ1n) is 7.16. The van der Waals surface area contributed by atoms with E-state index in [4.69, 9.17) is 16.3 Å². The van der Waals surface area contributed by atoms with Gasteiger partial charge in [0.05, 0.1) is 7.11 Å². The van der Waals surface area contributed by atoms with Gasteiger partial charge in [-0.25, -0.2) is 4.79 Å². The number of alkyl halides is 1. The van der Waals surface area contributed by atoms with E-state index in [1.54, 1.807) is 12.0 Å². The van der Waals surface area contributed by atoms with E-state index in [1.165, 1.54) is 0 Å². The summed E-state index contributed by atoms with van der Waals surface area (Å²) < 4.78 is 5.11. The van der Waals surface area contributed by atoms with Gasteiger partial charge in [0.1, 0.15) is 5.75 Å². The number of ether oxygens (including phenoxy) is 1. The zero-order valence-corrected chi connectivity index (χ0v) is 13.2. The molecule has 1 aliphatic heterocycles. The van der Waals surface area contributed by atoms with Crippen LogP contribution in [0.2, 0.25) is 0 Å². The van der Waals surface area contributed by atoms with Crippen molar-refractivity contribution in [3.05, 3.63) is 24.3 Å². The SMILES string of the molecule is COc1ccc(N2CC(CNC(=O)NCCCl)CC2=O)cc1. The van der Waals surface area contributed by atoms with E-state index in [0.717, 1.165) is 11.4 Å². The predicted molar refractivity (Wildman–Crippen MR) is 85.6 cm³/mol. The van der Waals surface area contributed by atoms with Crippen molar-refractivity contribution in [2.45, 2.75) is 6.42 Å². The minimum Gasteiger partial charge on any atom is -0.497 e. The lowest BCUT2D eigenvalue weighted by molar-refractivity contribution is -0.117. The van der Waals surface area contributed by atoms with Crippen LogP contribution in [-0.4, -0.2) is 44.6 Å². The van der Waals surface area contributed by atoms with Crippen molar-refractivity contribution in [1.29, 1.82) is 0 Å². The summed E-state index contributed by atoms with van der Waals surface area (Å²) in [5.74, 6) is 1.31. The summed E-state index contributed by atoms with van der Waals surface area (Å²) in [6.45, 7) is 1.49. The molecule has 1 aliphatic rings. The first-order chi connectivity index (χ1) is 10.6. The molecule has 1 saturated heterocycles. The van der Waals surface area contributed by atoms with Crippen molar-refractivity contribution in [2.75, 3.05) is 37.5 Å². The van der Waals surface area contributed by atoms with Crippen LogP contribution in [0.15, 0.2) is 24.3 Å². The molecule has 1 aromatic rings. The number of carbonyl (C=O) groups excluding carboxylic acids is 2.